The van der Waals surface area contributed by atoms with Gasteiger partial charge in [0, 0.05) is 30.3 Å². The summed E-state index contributed by atoms with van der Waals surface area (Å²) >= 11 is 1.65. The summed E-state index contributed by atoms with van der Waals surface area (Å²) in [6, 6.07) is 0.163. The zero-order valence-corrected chi connectivity index (χ0v) is 8.30. The SMILES string of the molecule is NC(c1cncs1)C1CCOCC1. The third-order valence-electron chi connectivity index (χ3n) is 2.55. The smallest absolute Gasteiger partial charge is 0.0794 e. The standard InChI is InChI=1S/C9H14N2OS/c10-9(8-5-11-6-13-8)7-1-3-12-4-2-7/h5-7,9H,1-4,10H2. The van der Waals surface area contributed by atoms with Crippen molar-refractivity contribution < 1.29 is 4.74 Å². The molecule has 0 amide bonds. The van der Waals surface area contributed by atoms with Gasteiger partial charge in [-0.25, -0.2) is 0 Å². The van der Waals surface area contributed by atoms with Crippen LogP contribution in [0.3, 0.4) is 0 Å². The van der Waals surface area contributed by atoms with Crippen LogP contribution < -0.4 is 5.73 Å². The molecule has 2 N–H and O–H groups in total. The minimum atomic E-state index is 0.163. The summed E-state index contributed by atoms with van der Waals surface area (Å²) in [5.74, 6) is 0.578. The Morgan fingerprint density at radius 3 is 2.92 bits per heavy atom. The number of hydrogen-bond acceptors (Lipinski definition) is 4. The molecule has 72 valence electrons. The van der Waals surface area contributed by atoms with E-state index in [2.05, 4.69) is 4.98 Å². The maximum absolute atomic E-state index is 6.13. The van der Waals surface area contributed by atoms with Gasteiger partial charge in [0.05, 0.1) is 5.51 Å². The van der Waals surface area contributed by atoms with E-state index >= 15 is 0 Å². The summed E-state index contributed by atoms with van der Waals surface area (Å²) in [5, 5.41) is 0. The van der Waals surface area contributed by atoms with Gasteiger partial charge in [0.2, 0.25) is 0 Å². The van der Waals surface area contributed by atoms with Crippen molar-refractivity contribution in [3.05, 3.63) is 16.6 Å². The van der Waals surface area contributed by atoms with Crippen LogP contribution in [0.2, 0.25) is 0 Å². The fourth-order valence-corrected chi connectivity index (χ4v) is 2.41. The van der Waals surface area contributed by atoms with Crippen molar-refractivity contribution in [3.8, 4) is 0 Å². The van der Waals surface area contributed by atoms with E-state index < -0.39 is 0 Å². The van der Waals surface area contributed by atoms with E-state index in [9.17, 15) is 0 Å². The first-order valence-electron chi connectivity index (χ1n) is 4.59. The Morgan fingerprint density at radius 2 is 2.31 bits per heavy atom. The normalized spacial score (nSPS) is 21.6. The number of aromatic nitrogens is 1. The van der Waals surface area contributed by atoms with E-state index in [1.54, 1.807) is 11.3 Å². The molecule has 1 aromatic rings. The second kappa shape index (κ2) is 4.17. The molecule has 0 spiro atoms. The van der Waals surface area contributed by atoms with Gasteiger partial charge in [-0.05, 0) is 18.8 Å². The molecule has 1 aromatic heterocycles. The molecular formula is C9H14N2OS. The zero-order chi connectivity index (χ0) is 9.10. The minimum absolute atomic E-state index is 0.163. The van der Waals surface area contributed by atoms with E-state index in [4.69, 9.17) is 10.5 Å². The Morgan fingerprint density at radius 1 is 1.54 bits per heavy atom. The lowest BCUT2D eigenvalue weighted by Gasteiger charge is -2.26. The summed E-state index contributed by atoms with van der Waals surface area (Å²) in [6.07, 6.45) is 4.04. The third-order valence-corrected chi connectivity index (χ3v) is 3.43. The average molecular weight is 198 g/mol. The van der Waals surface area contributed by atoms with E-state index in [-0.39, 0.29) is 6.04 Å². The molecule has 1 fully saturated rings. The van der Waals surface area contributed by atoms with Crippen molar-refractivity contribution in [2.75, 3.05) is 13.2 Å². The molecule has 4 heteroatoms. The monoisotopic (exact) mass is 198 g/mol. The van der Waals surface area contributed by atoms with Crippen LogP contribution in [-0.4, -0.2) is 18.2 Å². The average Bonchev–Trinajstić information content (AvgIpc) is 2.71. The van der Waals surface area contributed by atoms with Crippen molar-refractivity contribution in [1.82, 2.24) is 4.98 Å². The van der Waals surface area contributed by atoms with Crippen molar-refractivity contribution in [3.63, 3.8) is 0 Å². The molecule has 0 radical (unpaired) electrons. The van der Waals surface area contributed by atoms with Crippen LogP contribution in [0.25, 0.3) is 0 Å². The molecule has 1 unspecified atom stereocenters. The van der Waals surface area contributed by atoms with Crippen LogP contribution in [0.4, 0.5) is 0 Å². The highest BCUT2D eigenvalue weighted by Crippen LogP contribution is 2.29. The van der Waals surface area contributed by atoms with Gasteiger partial charge in [-0.3, -0.25) is 4.98 Å². The van der Waals surface area contributed by atoms with Crippen LogP contribution in [0.15, 0.2) is 11.7 Å². The summed E-state index contributed by atoms with van der Waals surface area (Å²) in [4.78, 5) is 5.25. The Kier molecular flexibility index (Phi) is 2.93. The molecule has 1 aliphatic rings. The molecule has 2 rings (SSSR count). The Labute approximate surface area is 81.9 Å². The van der Waals surface area contributed by atoms with Crippen molar-refractivity contribution in [2.24, 2.45) is 11.7 Å². The van der Waals surface area contributed by atoms with Crippen LogP contribution >= 0.6 is 11.3 Å². The first-order valence-corrected chi connectivity index (χ1v) is 5.47. The van der Waals surface area contributed by atoms with Crippen LogP contribution in [0.5, 0.6) is 0 Å². The molecule has 0 aromatic carbocycles. The number of hydrogen-bond donors (Lipinski definition) is 1. The molecule has 2 heterocycles. The highest BCUT2D eigenvalue weighted by Gasteiger charge is 2.22. The van der Waals surface area contributed by atoms with Gasteiger partial charge >= 0.3 is 0 Å². The predicted molar refractivity (Wildman–Crippen MR) is 52.6 cm³/mol. The molecule has 13 heavy (non-hydrogen) atoms. The number of nitrogens with zero attached hydrogens (tertiary/aromatic N) is 1. The fraction of sp³-hybridized carbons (Fsp3) is 0.667. The lowest BCUT2D eigenvalue weighted by molar-refractivity contribution is 0.0587. The molecule has 0 saturated carbocycles. The van der Waals surface area contributed by atoms with Gasteiger partial charge in [0.1, 0.15) is 0 Å². The quantitative estimate of drug-likeness (QED) is 0.784. The van der Waals surface area contributed by atoms with Crippen LogP contribution in [0, 0.1) is 5.92 Å². The van der Waals surface area contributed by atoms with E-state index in [1.165, 1.54) is 4.88 Å². The summed E-state index contributed by atoms with van der Waals surface area (Å²) in [6.45, 7) is 1.72. The van der Waals surface area contributed by atoms with Crippen molar-refractivity contribution in [2.45, 2.75) is 18.9 Å². The summed E-state index contributed by atoms with van der Waals surface area (Å²) < 4.78 is 5.30. The van der Waals surface area contributed by atoms with Gasteiger partial charge in [0.15, 0.2) is 0 Å². The fourth-order valence-electron chi connectivity index (χ4n) is 1.70. The highest BCUT2D eigenvalue weighted by molar-refractivity contribution is 7.09. The van der Waals surface area contributed by atoms with Gasteiger partial charge in [0.25, 0.3) is 0 Å². The lowest BCUT2D eigenvalue weighted by atomic mass is 9.92. The number of rotatable bonds is 2. The second-order valence-electron chi connectivity index (χ2n) is 3.38. The molecule has 1 saturated heterocycles. The van der Waals surface area contributed by atoms with Crippen LogP contribution in [0.1, 0.15) is 23.8 Å². The van der Waals surface area contributed by atoms with Crippen molar-refractivity contribution in [1.29, 1.82) is 0 Å². The molecule has 1 aliphatic heterocycles. The van der Waals surface area contributed by atoms with E-state index in [1.807, 2.05) is 11.7 Å². The summed E-state index contributed by atoms with van der Waals surface area (Å²) in [5.41, 5.74) is 7.97. The topological polar surface area (TPSA) is 48.1 Å². The Balaban J connectivity index is 1.99. The minimum Gasteiger partial charge on any atom is -0.381 e. The maximum atomic E-state index is 6.13. The van der Waals surface area contributed by atoms with Gasteiger partial charge in [-0.15, -0.1) is 11.3 Å². The summed E-state index contributed by atoms with van der Waals surface area (Å²) in [7, 11) is 0. The lowest BCUT2D eigenvalue weighted by Crippen LogP contribution is -2.26. The molecular weight excluding hydrogens is 184 g/mol. The largest absolute Gasteiger partial charge is 0.381 e. The molecule has 1 atom stereocenters. The first kappa shape index (κ1) is 9.12. The maximum Gasteiger partial charge on any atom is 0.0794 e. The van der Waals surface area contributed by atoms with E-state index in [0.29, 0.717) is 5.92 Å². The van der Waals surface area contributed by atoms with Crippen molar-refractivity contribution >= 4 is 11.3 Å². The number of thiazole rings is 1. The molecule has 0 bridgehead atoms. The zero-order valence-electron chi connectivity index (χ0n) is 7.48. The highest BCUT2D eigenvalue weighted by atomic mass is 32.1. The number of nitrogens with two attached hydrogens (primary N) is 1. The molecule has 0 aliphatic carbocycles. The van der Waals surface area contributed by atoms with Gasteiger partial charge in [-0.2, -0.15) is 0 Å². The van der Waals surface area contributed by atoms with Gasteiger partial charge in [-0.1, -0.05) is 0 Å². The van der Waals surface area contributed by atoms with Crippen LogP contribution in [-0.2, 0) is 4.74 Å². The van der Waals surface area contributed by atoms with E-state index in [0.717, 1.165) is 26.1 Å². The number of ether oxygens (including phenoxy) is 1. The second-order valence-corrected chi connectivity index (χ2v) is 4.30. The molecule has 3 nitrogen and oxygen atoms in total. The Hall–Kier alpha value is -0.450. The third kappa shape index (κ3) is 2.07. The predicted octanol–water partition coefficient (Wildman–Crippen LogP) is 1.57. The van der Waals surface area contributed by atoms with Gasteiger partial charge < -0.3 is 10.5 Å². The Bertz CT molecular complexity index is 244. The first-order chi connectivity index (χ1) is 6.38.